The number of halogens is 2. The van der Waals surface area contributed by atoms with E-state index in [4.69, 9.17) is 0 Å². The summed E-state index contributed by atoms with van der Waals surface area (Å²) in [6.07, 6.45) is 2.17. The zero-order valence-electron chi connectivity index (χ0n) is 12.8. The van der Waals surface area contributed by atoms with Gasteiger partial charge in [0.15, 0.2) is 0 Å². The fraction of sp³-hybridized carbons (Fsp3) is 0.0500. The molecule has 1 aliphatic carbocycles. The molecule has 3 aromatic carbocycles. The monoisotopic (exact) mass is 320 g/mol. The molecule has 0 saturated carbocycles. The van der Waals surface area contributed by atoms with Crippen LogP contribution < -0.4 is 5.43 Å². The standard InChI is InChI=1S/C20H14F2N2/c21-16-5-8-20(22)15(10-16)12-23-24-17-6-7-19-14(11-17)9-13-3-1-2-4-18(13)19/h1-8,10-12,24H,9H2/b23-12+. The van der Waals surface area contributed by atoms with Crippen molar-refractivity contribution in [3.8, 4) is 11.1 Å². The zero-order valence-corrected chi connectivity index (χ0v) is 12.8. The Morgan fingerprint density at radius 1 is 0.875 bits per heavy atom. The molecule has 0 radical (unpaired) electrons. The van der Waals surface area contributed by atoms with Crippen molar-refractivity contribution in [1.82, 2.24) is 0 Å². The molecule has 24 heavy (non-hydrogen) atoms. The van der Waals surface area contributed by atoms with Crippen LogP contribution in [0, 0.1) is 11.6 Å². The highest BCUT2D eigenvalue weighted by Gasteiger charge is 2.17. The van der Waals surface area contributed by atoms with Gasteiger partial charge in [-0.3, -0.25) is 5.43 Å². The lowest BCUT2D eigenvalue weighted by Crippen LogP contribution is -1.95. The van der Waals surface area contributed by atoms with E-state index >= 15 is 0 Å². The topological polar surface area (TPSA) is 24.4 Å². The van der Waals surface area contributed by atoms with Gasteiger partial charge in [-0.2, -0.15) is 5.10 Å². The predicted molar refractivity (Wildman–Crippen MR) is 92.3 cm³/mol. The van der Waals surface area contributed by atoms with E-state index < -0.39 is 11.6 Å². The van der Waals surface area contributed by atoms with Crippen molar-refractivity contribution in [2.45, 2.75) is 6.42 Å². The zero-order chi connectivity index (χ0) is 16.5. The normalized spacial score (nSPS) is 12.2. The summed E-state index contributed by atoms with van der Waals surface area (Å²) in [6.45, 7) is 0. The Hall–Kier alpha value is -3.01. The number of fused-ring (bicyclic) bond motifs is 3. The van der Waals surface area contributed by atoms with Crippen LogP contribution in [-0.4, -0.2) is 6.21 Å². The lowest BCUT2D eigenvalue weighted by atomic mass is 10.1. The molecular formula is C20H14F2N2. The van der Waals surface area contributed by atoms with Gasteiger partial charge in [0, 0.05) is 5.56 Å². The molecule has 0 unspecified atom stereocenters. The van der Waals surface area contributed by atoms with E-state index in [2.05, 4.69) is 28.7 Å². The minimum Gasteiger partial charge on any atom is -0.278 e. The van der Waals surface area contributed by atoms with Crippen LogP contribution in [0.3, 0.4) is 0 Å². The Bertz CT molecular complexity index is 948. The molecule has 0 spiro atoms. The summed E-state index contributed by atoms with van der Waals surface area (Å²) in [5, 5.41) is 4.01. The largest absolute Gasteiger partial charge is 0.278 e. The summed E-state index contributed by atoms with van der Waals surface area (Å²) in [7, 11) is 0. The third kappa shape index (κ3) is 2.67. The molecule has 1 aliphatic rings. The van der Waals surface area contributed by atoms with Crippen LogP contribution >= 0.6 is 0 Å². The van der Waals surface area contributed by atoms with E-state index in [0.717, 1.165) is 30.3 Å². The molecule has 118 valence electrons. The average Bonchev–Trinajstić information content (AvgIpc) is 2.96. The van der Waals surface area contributed by atoms with Gasteiger partial charge in [-0.05, 0) is 59.0 Å². The molecule has 0 amide bonds. The van der Waals surface area contributed by atoms with Gasteiger partial charge in [-0.1, -0.05) is 30.3 Å². The predicted octanol–water partition coefficient (Wildman–Crippen LogP) is 4.98. The molecule has 0 atom stereocenters. The number of hydrogen-bond acceptors (Lipinski definition) is 2. The van der Waals surface area contributed by atoms with Gasteiger partial charge < -0.3 is 0 Å². The molecule has 0 aliphatic heterocycles. The van der Waals surface area contributed by atoms with Gasteiger partial charge >= 0.3 is 0 Å². The number of nitrogens with zero attached hydrogens (tertiary/aromatic N) is 1. The molecule has 1 N–H and O–H groups in total. The Kier molecular flexibility index (Phi) is 3.58. The Labute approximate surface area is 138 Å². The van der Waals surface area contributed by atoms with Crippen molar-refractivity contribution >= 4 is 11.9 Å². The smallest absolute Gasteiger partial charge is 0.132 e. The number of benzene rings is 3. The van der Waals surface area contributed by atoms with Crippen LogP contribution in [0.5, 0.6) is 0 Å². The van der Waals surface area contributed by atoms with Gasteiger partial charge in [0.1, 0.15) is 11.6 Å². The minimum absolute atomic E-state index is 0.107. The van der Waals surface area contributed by atoms with Crippen molar-refractivity contribution in [3.63, 3.8) is 0 Å². The summed E-state index contributed by atoms with van der Waals surface area (Å²) in [6, 6.07) is 17.6. The van der Waals surface area contributed by atoms with E-state index in [0.29, 0.717) is 0 Å². The third-order valence-electron chi connectivity index (χ3n) is 4.15. The molecule has 0 heterocycles. The van der Waals surface area contributed by atoms with Crippen LogP contribution in [-0.2, 0) is 6.42 Å². The Balaban J connectivity index is 1.54. The minimum atomic E-state index is -0.508. The maximum atomic E-state index is 13.5. The maximum absolute atomic E-state index is 13.5. The molecule has 4 heteroatoms. The number of hydrazone groups is 1. The molecule has 0 aromatic heterocycles. The number of nitrogens with one attached hydrogen (secondary N) is 1. The molecule has 3 aromatic rings. The fourth-order valence-electron chi connectivity index (χ4n) is 3.00. The van der Waals surface area contributed by atoms with E-state index in [1.807, 2.05) is 24.3 Å². The fourth-order valence-corrected chi connectivity index (χ4v) is 3.00. The Morgan fingerprint density at radius 3 is 2.62 bits per heavy atom. The van der Waals surface area contributed by atoms with Crippen LogP contribution in [0.4, 0.5) is 14.5 Å². The maximum Gasteiger partial charge on any atom is 0.132 e. The van der Waals surface area contributed by atoms with Crippen LogP contribution in [0.1, 0.15) is 16.7 Å². The summed E-state index contributed by atoms with van der Waals surface area (Å²) in [5.41, 5.74) is 8.84. The third-order valence-corrected chi connectivity index (χ3v) is 4.15. The molecule has 2 nitrogen and oxygen atoms in total. The van der Waals surface area contributed by atoms with Crippen molar-refractivity contribution in [3.05, 3.63) is 89.0 Å². The lowest BCUT2D eigenvalue weighted by Gasteiger charge is -2.05. The highest BCUT2D eigenvalue weighted by molar-refractivity contribution is 5.81. The van der Waals surface area contributed by atoms with Crippen molar-refractivity contribution in [2.24, 2.45) is 5.10 Å². The molecular weight excluding hydrogens is 306 g/mol. The number of anilines is 1. The van der Waals surface area contributed by atoms with Crippen molar-refractivity contribution in [2.75, 3.05) is 5.43 Å². The van der Waals surface area contributed by atoms with Crippen LogP contribution in [0.15, 0.2) is 65.8 Å². The van der Waals surface area contributed by atoms with Crippen molar-refractivity contribution < 1.29 is 8.78 Å². The van der Waals surface area contributed by atoms with Gasteiger partial charge in [-0.15, -0.1) is 0 Å². The van der Waals surface area contributed by atoms with E-state index in [-0.39, 0.29) is 5.56 Å². The summed E-state index contributed by atoms with van der Waals surface area (Å²) in [4.78, 5) is 0. The van der Waals surface area contributed by atoms with Crippen LogP contribution in [0.2, 0.25) is 0 Å². The Morgan fingerprint density at radius 2 is 1.71 bits per heavy atom. The SMILES string of the molecule is Fc1ccc(F)c(/C=N/Nc2ccc3c(c2)Cc2ccccc2-3)c1. The quantitative estimate of drug-likeness (QED) is 0.418. The van der Waals surface area contributed by atoms with E-state index in [9.17, 15) is 8.78 Å². The summed E-state index contributed by atoms with van der Waals surface area (Å²) < 4.78 is 26.7. The molecule has 4 rings (SSSR count). The first-order valence-electron chi connectivity index (χ1n) is 7.66. The first kappa shape index (κ1) is 14.6. The highest BCUT2D eigenvalue weighted by atomic mass is 19.1. The number of hydrogen-bond donors (Lipinski definition) is 1. The van der Waals surface area contributed by atoms with E-state index in [1.165, 1.54) is 28.5 Å². The second-order valence-corrected chi connectivity index (χ2v) is 5.74. The second-order valence-electron chi connectivity index (χ2n) is 5.74. The average molecular weight is 320 g/mol. The molecule has 0 saturated heterocycles. The molecule has 0 bridgehead atoms. The second kappa shape index (κ2) is 5.89. The van der Waals surface area contributed by atoms with Gasteiger partial charge in [-0.25, -0.2) is 8.78 Å². The number of rotatable bonds is 3. The van der Waals surface area contributed by atoms with Gasteiger partial charge in [0.2, 0.25) is 0 Å². The molecule has 0 fully saturated rings. The summed E-state index contributed by atoms with van der Waals surface area (Å²) >= 11 is 0. The first-order chi connectivity index (χ1) is 11.7. The summed E-state index contributed by atoms with van der Waals surface area (Å²) in [5.74, 6) is -1.00. The highest BCUT2D eigenvalue weighted by Crippen LogP contribution is 2.37. The lowest BCUT2D eigenvalue weighted by molar-refractivity contribution is 0.598. The van der Waals surface area contributed by atoms with Gasteiger partial charge in [0.25, 0.3) is 0 Å². The van der Waals surface area contributed by atoms with Crippen molar-refractivity contribution in [1.29, 1.82) is 0 Å². The van der Waals surface area contributed by atoms with E-state index in [1.54, 1.807) is 0 Å². The van der Waals surface area contributed by atoms with Gasteiger partial charge in [0.05, 0.1) is 11.9 Å². The van der Waals surface area contributed by atoms with Crippen LogP contribution in [0.25, 0.3) is 11.1 Å². The first-order valence-corrected chi connectivity index (χ1v) is 7.66.